The van der Waals surface area contributed by atoms with Gasteiger partial charge in [-0.15, -0.1) is 10.2 Å². The number of hydrogen-bond donors (Lipinski definition) is 0. The number of rotatable bonds is 1. The Morgan fingerprint density at radius 1 is 0.842 bits per heavy atom. The molecular weight excluding hydrogens is 377 g/mol. The van der Waals surface area contributed by atoms with Gasteiger partial charge >= 0.3 is 0 Å². The van der Waals surface area contributed by atoms with Crippen LogP contribution >= 0.6 is 69.6 Å². The van der Waals surface area contributed by atoms with Gasteiger partial charge in [-0.1, -0.05) is 87.8 Å². The maximum atomic E-state index is 5.87. The van der Waals surface area contributed by atoms with Crippen LogP contribution in [0.3, 0.4) is 0 Å². The van der Waals surface area contributed by atoms with E-state index in [4.69, 9.17) is 74.0 Å². The molecule has 0 aliphatic rings. The van der Waals surface area contributed by atoms with Gasteiger partial charge in [0.05, 0.1) is 0 Å². The summed E-state index contributed by atoms with van der Waals surface area (Å²) in [6, 6.07) is 6.73. The predicted molar refractivity (Wildman–Crippen MR) is 78.2 cm³/mol. The Labute approximate surface area is 138 Å². The van der Waals surface area contributed by atoms with Crippen LogP contribution in [-0.4, -0.2) is 10.2 Å². The smallest absolute Gasteiger partial charge is 0.268 e. The van der Waals surface area contributed by atoms with E-state index in [2.05, 4.69) is 10.2 Å². The standard InChI is InChI=1S/C10H4Cl6N2O/c11-9(12,13)6-4-2-1-3-5(6)7-17-18-8(19-7)10(14,15)16/h1-4H. The zero-order valence-corrected chi connectivity index (χ0v) is 13.4. The summed E-state index contributed by atoms with van der Waals surface area (Å²) in [6.45, 7) is 0. The normalized spacial score (nSPS) is 12.7. The summed E-state index contributed by atoms with van der Waals surface area (Å²) in [7, 11) is 0. The fourth-order valence-corrected chi connectivity index (χ4v) is 2.09. The second kappa shape index (κ2) is 5.47. The molecule has 0 unspecified atom stereocenters. The van der Waals surface area contributed by atoms with Gasteiger partial charge in [0.2, 0.25) is 9.68 Å². The molecule has 1 aromatic heterocycles. The molecule has 0 amide bonds. The van der Waals surface area contributed by atoms with E-state index in [1.807, 2.05) is 0 Å². The van der Waals surface area contributed by atoms with Crippen LogP contribution < -0.4 is 0 Å². The van der Waals surface area contributed by atoms with Gasteiger partial charge in [0.1, 0.15) is 0 Å². The van der Waals surface area contributed by atoms with E-state index >= 15 is 0 Å². The van der Waals surface area contributed by atoms with Crippen molar-refractivity contribution in [1.29, 1.82) is 0 Å². The van der Waals surface area contributed by atoms with Gasteiger partial charge in [0.25, 0.3) is 9.68 Å². The van der Waals surface area contributed by atoms with Gasteiger partial charge in [0.15, 0.2) is 0 Å². The Balaban J connectivity index is 2.52. The third kappa shape index (κ3) is 3.60. The van der Waals surface area contributed by atoms with Crippen LogP contribution in [0.2, 0.25) is 0 Å². The second-order valence-corrected chi connectivity index (χ2v) is 8.02. The van der Waals surface area contributed by atoms with Crippen molar-refractivity contribution in [1.82, 2.24) is 10.2 Å². The summed E-state index contributed by atoms with van der Waals surface area (Å²) < 4.78 is 1.84. The van der Waals surface area contributed by atoms with Crippen molar-refractivity contribution in [2.45, 2.75) is 7.59 Å². The summed E-state index contributed by atoms with van der Waals surface area (Å²) in [5.41, 5.74) is 0.843. The average Bonchev–Trinajstić information content (AvgIpc) is 2.76. The minimum absolute atomic E-state index is 0.100. The molecule has 0 saturated heterocycles. The molecule has 0 radical (unpaired) electrons. The van der Waals surface area contributed by atoms with Crippen molar-refractivity contribution in [3.8, 4) is 11.5 Å². The highest BCUT2D eigenvalue weighted by molar-refractivity contribution is 6.67. The van der Waals surface area contributed by atoms with Gasteiger partial charge in [0, 0.05) is 11.1 Å². The van der Waals surface area contributed by atoms with E-state index in [-0.39, 0.29) is 11.8 Å². The first-order valence-electron chi connectivity index (χ1n) is 4.77. The van der Waals surface area contributed by atoms with E-state index in [0.29, 0.717) is 11.1 Å². The maximum absolute atomic E-state index is 5.87. The molecule has 0 aliphatic heterocycles. The fourth-order valence-electron chi connectivity index (χ4n) is 1.36. The number of benzene rings is 1. The molecular formula is C10H4Cl6N2O. The van der Waals surface area contributed by atoms with Gasteiger partial charge in [-0.05, 0) is 6.07 Å². The Morgan fingerprint density at radius 3 is 2.00 bits per heavy atom. The van der Waals surface area contributed by atoms with Gasteiger partial charge in [-0.3, -0.25) is 0 Å². The molecule has 0 saturated carbocycles. The summed E-state index contributed by atoms with van der Waals surface area (Å²) in [5, 5.41) is 7.43. The molecule has 19 heavy (non-hydrogen) atoms. The van der Waals surface area contributed by atoms with E-state index in [0.717, 1.165) is 0 Å². The van der Waals surface area contributed by atoms with Crippen molar-refractivity contribution in [2.24, 2.45) is 0 Å². The first-order chi connectivity index (χ1) is 8.69. The SMILES string of the molecule is ClC(Cl)(Cl)c1nnc(-c2ccccc2C(Cl)(Cl)Cl)o1. The van der Waals surface area contributed by atoms with Crippen LogP contribution in [0, 0.1) is 0 Å². The molecule has 0 fully saturated rings. The van der Waals surface area contributed by atoms with E-state index < -0.39 is 7.59 Å². The van der Waals surface area contributed by atoms with Crippen LogP contribution in [0.4, 0.5) is 0 Å². The lowest BCUT2D eigenvalue weighted by Gasteiger charge is -2.14. The zero-order chi connectivity index (χ0) is 14.3. The second-order valence-electron chi connectivity index (χ2n) is 3.45. The number of halogens is 6. The molecule has 2 rings (SSSR count). The minimum atomic E-state index is -1.81. The molecule has 102 valence electrons. The molecule has 1 heterocycles. The zero-order valence-electron chi connectivity index (χ0n) is 8.88. The minimum Gasteiger partial charge on any atom is -0.416 e. The largest absolute Gasteiger partial charge is 0.416 e. The van der Waals surface area contributed by atoms with E-state index in [1.54, 1.807) is 24.3 Å². The Bertz CT molecular complexity index is 586. The van der Waals surface area contributed by atoms with Crippen molar-refractivity contribution in [2.75, 3.05) is 0 Å². The van der Waals surface area contributed by atoms with E-state index in [1.165, 1.54) is 0 Å². The first-order valence-corrected chi connectivity index (χ1v) is 7.03. The molecule has 0 aliphatic carbocycles. The van der Waals surface area contributed by atoms with Gasteiger partial charge < -0.3 is 4.42 Å². The van der Waals surface area contributed by atoms with Crippen molar-refractivity contribution >= 4 is 69.6 Å². The molecule has 0 N–H and O–H groups in total. The lowest BCUT2D eigenvalue weighted by atomic mass is 10.1. The topological polar surface area (TPSA) is 38.9 Å². The monoisotopic (exact) mass is 378 g/mol. The predicted octanol–water partition coefficient (Wildman–Crippen LogP) is 5.39. The number of hydrogen-bond acceptors (Lipinski definition) is 3. The molecule has 1 aromatic carbocycles. The molecule has 3 nitrogen and oxygen atoms in total. The number of alkyl halides is 6. The quantitative estimate of drug-likeness (QED) is 0.622. The Hall–Kier alpha value is 0.1000. The molecule has 0 bridgehead atoms. The van der Waals surface area contributed by atoms with Crippen LogP contribution in [0.1, 0.15) is 11.5 Å². The summed E-state index contributed by atoms with van der Waals surface area (Å²) in [6.07, 6.45) is 0. The van der Waals surface area contributed by atoms with Crippen LogP contribution in [0.15, 0.2) is 28.7 Å². The highest BCUT2D eigenvalue weighted by Gasteiger charge is 2.32. The Kier molecular flexibility index (Phi) is 4.46. The van der Waals surface area contributed by atoms with Crippen LogP contribution in [-0.2, 0) is 7.59 Å². The molecule has 9 heteroatoms. The highest BCUT2D eigenvalue weighted by Crippen LogP contribution is 2.44. The lowest BCUT2D eigenvalue weighted by molar-refractivity contribution is 0.514. The van der Waals surface area contributed by atoms with Crippen molar-refractivity contribution in [3.05, 3.63) is 35.7 Å². The Morgan fingerprint density at radius 2 is 1.47 bits per heavy atom. The summed E-state index contributed by atoms with van der Waals surface area (Å²) in [5.74, 6) is -0.0603. The van der Waals surface area contributed by atoms with E-state index in [9.17, 15) is 0 Å². The van der Waals surface area contributed by atoms with Crippen LogP contribution in [0.5, 0.6) is 0 Å². The first kappa shape index (κ1) is 15.5. The third-order valence-electron chi connectivity index (χ3n) is 2.13. The van der Waals surface area contributed by atoms with Crippen LogP contribution in [0.25, 0.3) is 11.5 Å². The molecule has 2 aromatic rings. The number of nitrogens with zero attached hydrogens (tertiary/aromatic N) is 2. The average molecular weight is 381 g/mol. The van der Waals surface area contributed by atoms with Gasteiger partial charge in [-0.25, -0.2) is 0 Å². The highest BCUT2D eigenvalue weighted by atomic mass is 35.6. The summed E-state index contributed by atoms with van der Waals surface area (Å²) in [4.78, 5) is 0. The summed E-state index contributed by atoms with van der Waals surface area (Å²) >= 11 is 34.6. The third-order valence-corrected chi connectivity index (χ3v) is 3.23. The molecule has 0 atom stereocenters. The van der Waals surface area contributed by atoms with Crippen molar-refractivity contribution in [3.63, 3.8) is 0 Å². The fraction of sp³-hybridized carbons (Fsp3) is 0.200. The molecule has 0 spiro atoms. The lowest BCUT2D eigenvalue weighted by Crippen LogP contribution is -2.02. The maximum Gasteiger partial charge on any atom is 0.268 e. The van der Waals surface area contributed by atoms with Crippen molar-refractivity contribution < 1.29 is 4.42 Å². The number of aromatic nitrogens is 2. The van der Waals surface area contributed by atoms with Gasteiger partial charge in [-0.2, -0.15) is 0 Å².